The van der Waals surface area contributed by atoms with Gasteiger partial charge >= 0.3 is 0 Å². The summed E-state index contributed by atoms with van der Waals surface area (Å²) in [6, 6.07) is 0. The molecule has 0 N–H and O–H groups in total. The van der Waals surface area contributed by atoms with Gasteiger partial charge in [-0.05, 0) is 0 Å². The fraction of sp³-hybridized carbons (Fsp3) is 0. The third-order valence-corrected chi connectivity index (χ3v) is 2.30. The standard InChI is InChI=1S/C5HClF3NO2S/c6-13(11,12)5-4(9)3(8)2(7)1-10-5/h1H. The zero-order valence-electron chi connectivity index (χ0n) is 5.76. The Balaban J connectivity index is 3.53. The number of hydrogen-bond donors (Lipinski definition) is 0. The van der Waals surface area contributed by atoms with Crippen molar-refractivity contribution in [3.63, 3.8) is 0 Å². The topological polar surface area (TPSA) is 47.0 Å². The van der Waals surface area contributed by atoms with Crippen LogP contribution >= 0.6 is 10.7 Å². The Morgan fingerprint density at radius 3 is 2.23 bits per heavy atom. The summed E-state index contributed by atoms with van der Waals surface area (Å²) in [4.78, 5) is 2.80. The molecule has 0 unspecified atom stereocenters. The lowest BCUT2D eigenvalue weighted by molar-refractivity contribution is 0.422. The predicted octanol–water partition coefficient (Wildman–Crippen LogP) is 1.43. The minimum absolute atomic E-state index is 0.230. The van der Waals surface area contributed by atoms with Crippen molar-refractivity contribution in [1.29, 1.82) is 0 Å². The average molecular weight is 232 g/mol. The Kier molecular flexibility index (Phi) is 2.49. The van der Waals surface area contributed by atoms with Crippen LogP contribution in [0.3, 0.4) is 0 Å². The number of aromatic nitrogens is 1. The highest BCUT2D eigenvalue weighted by Gasteiger charge is 2.23. The van der Waals surface area contributed by atoms with Crippen LogP contribution in [-0.2, 0) is 9.05 Å². The maximum atomic E-state index is 12.6. The van der Waals surface area contributed by atoms with Gasteiger partial charge in [-0.1, -0.05) is 0 Å². The Bertz CT molecular complexity index is 447. The minimum atomic E-state index is -4.49. The van der Waals surface area contributed by atoms with Gasteiger partial charge in [0.2, 0.25) is 10.8 Å². The van der Waals surface area contributed by atoms with E-state index >= 15 is 0 Å². The third kappa shape index (κ3) is 1.92. The second kappa shape index (κ2) is 3.15. The van der Waals surface area contributed by atoms with Crippen molar-refractivity contribution < 1.29 is 21.6 Å². The molecule has 8 heteroatoms. The first-order valence-corrected chi connectivity index (χ1v) is 5.09. The molecule has 1 aromatic heterocycles. The Hall–Kier alpha value is -0.820. The molecule has 0 spiro atoms. The molecule has 0 bridgehead atoms. The van der Waals surface area contributed by atoms with Gasteiger partial charge in [0.1, 0.15) is 0 Å². The van der Waals surface area contributed by atoms with Crippen molar-refractivity contribution in [3.05, 3.63) is 23.6 Å². The van der Waals surface area contributed by atoms with E-state index in [-0.39, 0.29) is 6.20 Å². The van der Waals surface area contributed by atoms with E-state index in [0.717, 1.165) is 0 Å². The molecule has 3 nitrogen and oxygen atoms in total. The molecule has 0 saturated carbocycles. The zero-order chi connectivity index (χ0) is 10.2. The molecule has 0 amide bonds. The molecule has 0 aliphatic rings. The summed E-state index contributed by atoms with van der Waals surface area (Å²) < 4.78 is 58.2. The highest BCUT2D eigenvalue weighted by atomic mass is 35.7. The zero-order valence-corrected chi connectivity index (χ0v) is 7.33. The van der Waals surface area contributed by atoms with E-state index in [1.54, 1.807) is 0 Å². The largest absolute Gasteiger partial charge is 0.281 e. The number of halogens is 4. The summed E-state index contributed by atoms with van der Waals surface area (Å²) >= 11 is 0. The lowest BCUT2D eigenvalue weighted by Gasteiger charge is -1.98. The summed E-state index contributed by atoms with van der Waals surface area (Å²) in [6.07, 6.45) is 0.230. The molecule has 0 radical (unpaired) electrons. The molecule has 0 aliphatic carbocycles. The lowest BCUT2D eigenvalue weighted by Crippen LogP contribution is -2.04. The normalized spacial score (nSPS) is 11.7. The van der Waals surface area contributed by atoms with E-state index in [1.165, 1.54) is 0 Å². The van der Waals surface area contributed by atoms with Crippen LogP contribution in [0.5, 0.6) is 0 Å². The molecule has 1 aromatic rings. The van der Waals surface area contributed by atoms with Gasteiger partial charge in [0.15, 0.2) is 11.6 Å². The van der Waals surface area contributed by atoms with Crippen LogP contribution in [0.15, 0.2) is 11.2 Å². The fourth-order valence-corrected chi connectivity index (χ4v) is 1.40. The molecule has 0 fully saturated rings. The van der Waals surface area contributed by atoms with Gasteiger partial charge in [-0.25, -0.2) is 26.6 Å². The molecule has 0 aromatic carbocycles. The first-order chi connectivity index (χ1) is 5.84. The van der Waals surface area contributed by atoms with Gasteiger partial charge in [-0.2, -0.15) is 0 Å². The quantitative estimate of drug-likeness (QED) is 0.687. The summed E-state index contributed by atoms with van der Waals surface area (Å²) in [6.45, 7) is 0. The summed E-state index contributed by atoms with van der Waals surface area (Å²) in [5.41, 5.74) is 0. The van der Waals surface area contributed by atoms with E-state index in [9.17, 15) is 21.6 Å². The summed E-state index contributed by atoms with van der Waals surface area (Å²) in [5, 5.41) is -1.33. The molecule has 1 heterocycles. The van der Waals surface area contributed by atoms with Gasteiger partial charge in [0, 0.05) is 10.7 Å². The Morgan fingerprint density at radius 1 is 1.23 bits per heavy atom. The third-order valence-electron chi connectivity index (χ3n) is 1.12. The van der Waals surface area contributed by atoms with E-state index in [2.05, 4.69) is 15.7 Å². The summed E-state index contributed by atoms with van der Waals surface area (Å²) in [7, 11) is 0.175. The highest BCUT2D eigenvalue weighted by Crippen LogP contribution is 2.19. The molecular weight excluding hydrogens is 231 g/mol. The van der Waals surface area contributed by atoms with Crippen molar-refractivity contribution in [2.75, 3.05) is 0 Å². The van der Waals surface area contributed by atoms with Crippen LogP contribution in [0.4, 0.5) is 13.2 Å². The molecule has 72 valence electrons. The molecule has 13 heavy (non-hydrogen) atoms. The van der Waals surface area contributed by atoms with Gasteiger partial charge in [-0.3, -0.25) is 0 Å². The first-order valence-electron chi connectivity index (χ1n) is 2.78. The van der Waals surface area contributed by atoms with Crippen molar-refractivity contribution >= 4 is 19.7 Å². The summed E-state index contributed by atoms with van der Waals surface area (Å²) in [5.74, 6) is -5.43. The number of pyridine rings is 1. The number of rotatable bonds is 1. The van der Waals surface area contributed by atoms with Crippen molar-refractivity contribution in [3.8, 4) is 0 Å². The molecule has 0 aliphatic heterocycles. The maximum Gasteiger partial charge on any atom is 0.281 e. The van der Waals surface area contributed by atoms with Crippen molar-refractivity contribution in [1.82, 2.24) is 4.98 Å². The highest BCUT2D eigenvalue weighted by molar-refractivity contribution is 8.13. The lowest BCUT2D eigenvalue weighted by atomic mass is 10.4. The van der Waals surface area contributed by atoms with E-state index in [1.807, 2.05) is 0 Å². The fourth-order valence-electron chi connectivity index (χ4n) is 0.597. The van der Waals surface area contributed by atoms with E-state index in [4.69, 9.17) is 0 Å². The van der Waals surface area contributed by atoms with Gasteiger partial charge < -0.3 is 0 Å². The van der Waals surface area contributed by atoms with Crippen LogP contribution in [0.25, 0.3) is 0 Å². The van der Waals surface area contributed by atoms with Gasteiger partial charge in [0.25, 0.3) is 9.05 Å². The van der Waals surface area contributed by atoms with Crippen molar-refractivity contribution in [2.24, 2.45) is 0 Å². The van der Waals surface area contributed by atoms with Crippen LogP contribution in [0.2, 0.25) is 0 Å². The van der Waals surface area contributed by atoms with Crippen molar-refractivity contribution in [2.45, 2.75) is 5.03 Å². The average Bonchev–Trinajstić information content (AvgIpc) is 1.98. The minimum Gasteiger partial charge on any atom is -0.238 e. The molecule has 1 rings (SSSR count). The van der Waals surface area contributed by atoms with E-state index < -0.39 is 31.5 Å². The second-order valence-corrected chi connectivity index (χ2v) is 4.46. The SMILES string of the molecule is O=S(=O)(Cl)c1ncc(F)c(F)c1F. The van der Waals surface area contributed by atoms with Crippen LogP contribution < -0.4 is 0 Å². The number of nitrogens with zero attached hydrogens (tertiary/aromatic N) is 1. The van der Waals surface area contributed by atoms with Crippen LogP contribution in [0, 0.1) is 17.5 Å². The first kappa shape index (κ1) is 10.3. The van der Waals surface area contributed by atoms with Gasteiger partial charge in [0.05, 0.1) is 6.20 Å². The van der Waals surface area contributed by atoms with Crippen LogP contribution in [-0.4, -0.2) is 13.4 Å². The predicted molar refractivity (Wildman–Crippen MR) is 37.1 cm³/mol. The molecule has 0 saturated heterocycles. The van der Waals surface area contributed by atoms with Crippen LogP contribution in [0.1, 0.15) is 0 Å². The Labute approximate surface area is 75.6 Å². The number of hydrogen-bond acceptors (Lipinski definition) is 3. The molecule has 0 atom stereocenters. The van der Waals surface area contributed by atoms with Gasteiger partial charge in [-0.15, -0.1) is 0 Å². The maximum absolute atomic E-state index is 12.6. The smallest absolute Gasteiger partial charge is 0.238 e. The molecular formula is C5HClF3NO2S. The van der Waals surface area contributed by atoms with E-state index in [0.29, 0.717) is 0 Å². The monoisotopic (exact) mass is 231 g/mol. The second-order valence-electron chi connectivity index (χ2n) is 1.98. The Morgan fingerprint density at radius 2 is 1.77 bits per heavy atom.